The fourth-order valence-electron chi connectivity index (χ4n) is 5.15. The molecule has 1 amide bonds. The van der Waals surface area contributed by atoms with Gasteiger partial charge in [0.15, 0.2) is 0 Å². The maximum atomic E-state index is 13.5. The first-order chi connectivity index (χ1) is 16.4. The number of nitrogens with zero attached hydrogens (tertiary/aromatic N) is 2. The van der Waals surface area contributed by atoms with Crippen molar-refractivity contribution in [1.29, 1.82) is 0 Å². The van der Waals surface area contributed by atoms with E-state index in [1.165, 1.54) is 15.4 Å². The Kier molecular flexibility index (Phi) is 6.86. The number of sulfonamides is 1. The van der Waals surface area contributed by atoms with Gasteiger partial charge >= 0.3 is 0 Å². The monoisotopic (exact) mass is 496 g/mol. The van der Waals surface area contributed by atoms with Gasteiger partial charge in [0.25, 0.3) is 0 Å². The van der Waals surface area contributed by atoms with Gasteiger partial charge in [-0.2, -0.15) is 4.31 Å². The molecular formula is C28H36N2O4S. The fraction of sp³-hybridized carbons (Fsp3) is 0.464. The van der Waals surface area contributed by atoms with E-state index in [-0.39, 0.29) is 12.3 Å². The highest BCUT2D eigenvalue weighted by Crippen LogP contribution is 2.31. The van der Waals surface area contributed by atoms with Gasteiger partial charge < -0.3 is 9.32 Å². The zero-order valence-corrected chi connectivity index (χ0v) is 22.7. The molecule has 1 fully saturated rings. The lowest BCUT2D eigenvalue weighted by molar-refractivity contribution is -0.131. The van der Waals surface area contributed by atoms with Gasteiger partial charge in [0.1, 0.15) is 5.58 Å². The number of furan rings is 1. The molecular weight excluding hydrogens is 460 g/mol. The van der Waals surface area contributed by atoms with Crippen molar-refractivity contribution in [2.45, 2.75) is 65.7 Å². The van der Waals surface area contributed by atoms with Crippen LogP contribution in [0, 0.1) is 34.6 Å². The molecule has 1 aliphatic heterocycles. The van der Waals surface area contributed by atoms with Crippen LogP contribution in [0.1, 0.15) is 58.7 Å². The number of carbonyl (C=O) groups is 1. The SMILES string of the molecule is Cc1cc2occ(CC(=O)N3CCN(S(=O)(=O)c4c(C)c(C)cc(C)c4C)CC3)c2cc1C(C)C. The van der Waals surface area contributed by atoms with Crippen molar-refractivity contribution in [2.75, 3.05) is 26.2 Å². The van der Waals surface area contributed by atoms with Crippen molar-refractivity contribution in [3.05, 3.63) is 63.4 Å². The molecule has 3 aromatic rings. The van der Waals surface area contributed by atoms with Crippen molar-refractivity contribution in [1.82, 2.24) is 9.21 Å². The zero-order valence-electron chi connectivity index (χ0n) is 21.9. The zero-order chi connectivity index (χ0) is 25.7. The van der Waals surface area contributed by atoms with Crippen LogP contribution in [0.2, 0.25) is 0 Å². The summed E-state index contributed by atoms with van der Waals surface area (Å²) in [7, 11) is -3.63. The smallest absolute Gasteiger partial charge is 0.243 e. The summed E-state index contributed by atoms with van der Waals surface area (Å²) in [5.74, 6) is 0.382. The van der Waals surface area contributed by atoms with Crippen molar-refractivity contribution in [3.8, 4) is 0 Å². The summed E-state index contributed by atoms with van der Waals surface area (Å²) in [6.45, 7) is 15.4. The third-order valence-corrected chi connectivity index (χ3v) is 9.67. The van der Waals surface area contributed by atoms with Crippen LogP contribution in [-0.2, 0) is 21.2 Å². The standard InChI is InChI=1S/C28H36N2O4S/c1-17(2)24-15-25-23(16-34-26(25)13-20(24)5)14-27(31)29-8-10-30(11-9-29)35(32,33)28-21(6)18(3)12-19(4)22(28)7/h12-13,15-17H,8-11,14H2,1-7H3. The molecule has 2 aromatic carbocycles. The van der Waals surface area contributed by atoms with Gasteiger partial charge in [-0.05, 0) is 86.1 Å². The maximum absolute atomic E-state index is 13.5. The minimum Gasteiger partial charge on any atom is -0.464 e. The maximum Gasteiger partial charge on any atom is 0.243 e. The topological polar surface area (TPSA) is 70.8 Å². The molecule has 1 aliphatic rings. The fourth-order valence-corrected chi connectivity index (χ4v) is 7.15. The second kappa shape index (κ2) is 9.43. The number of benzene rings is 2. The summed E-state index contributed by atoms with van der Waals surface area (Å²) in [5.41, 5.74) is 7.67. The lowest BCUT2D eigenvalue weighted by Gasteiger charge is -2.35. The molecule has 0 aliphatic carbocycles. The molecule has 0 spiro atoms. The molecule has 4 rings (SSSR count). The van der Waals surface area contributed by atoms with Gasteiger partial charge in [-0.1, -0.05) is 19.9 Å². The van der Waals surface area contributed by atoms with Crippen LogP contribution in [0.5, 0.6) is 0 Å². The van der Waals surface area contributed by atoms with Gasteiger partial charge in [-0.25, -0.2) is 8.42 Å². The normalized spacial score (nSPS) is 15.4. The van der Waals surface area contributed by atoms with Crippen LogP contribution < -0.4 is 0 Å². The quantitative estimate of drug-likeness (QED) is 0.488. The van der Waals surface area contributed by atoms with E-state index in [1.54, 1.807) is 11.2 Å². The summed E-state index contributed by atoms with van der Waals surface area (Å²) in [6.07, 6.45) is 1.92. The van der Waals surface area contributed by atoms with E-state index in [1.807, 2.05) is 39.8 Å². The highest BCUT2D eigenvalue weighted by atomic mass is 32.2. The van der Waals surface area contributed by atoms with E-state index < -0.39 is 10.0 Å². The second-order valence-electron chi connectivity index (χ2n) is 10.2. The number of piperazine rings is 1. The molecule has 0 atom stereocenters. The third-order valence-electron chi connectivity index (χ3n) is 7.49. The Balaban J connectivity index is 1.49. The molecule has 0 radical (unpaired) electrons. The summed E-state index contributed by atoms with van der Waals surface area (Å²) >= 11 is 0. The largest absolute Gasteiger partial charge is 0.464 e. The molecule has 188 valence electrons. The van der Waals surface area contributed by atoms with Gasteiger partial charge in [0.05, 0.1) is 17.6 Å². The Morgan fingerprint density at radius 3 is 2.09 bits per heavy atom. The van der Waals surface area contributed by atoms with E-state index in [0.717, 1.165) is 38.8 Å². The summed E-state index contributed by atoms with van der Waals surface area (Å²) in [4.78, 5) is 15.3. The average Bonchev–Trinajstić information content (AvgIpc) is 3.18. The predicted molar refractivity (Wildman–Crippen MR) is 139 cm³/mol. The Morgan fingerprint density at radius 1 is 0.914 bits per heavy atom. The molecule has 1 saturated heterocycles. The van der Waals surface area contributed by atoms with E-state index >= 15 is 0 Å². The first-order valence-corrected chi connectivity index (χ1v) is 13.7. The van der Waals surface area contributed by atoms with Gasteiger partial charge in [-0.3, -0.25) is 4.79 Å². The van der Waals surface area contributed by atoms with Crippen LogP contribution in [0.4, 0.5) is 0 Å². The van der Waals surface area contributed by atoms with Crippen LogP contribution >= 0.6 is 0 Å². The summed E-state index contributed by atoms with van der Waals surface area (Å²) < 4.78 is 34.3. The average molecular weight is 497 g/mol. The Morgan fingerprint density at radius 2 is 1.51 bits per heavy atom. The highest BCUT2D eigenvalue weighted by Gasteiger charge is 2.33. The molecule has 2 heterocycles. The van der Waals surface area contributed by atoms with Crippen LogP contribution in [-0.4, -0.2) is 49.7 Å². The van der Waals surface area contributed by atoms with E-state index in [0.29, 0.717) is 37.0 Å². The number of amides is 1. The molecule has 0 saturated carbocycles. The molecule has 0 bridgehead atoms. The molecule has 0 N–H and O–H groups in total. The van der Waals surface area contributed by atoms with Crippen molar-refractivity contribution >= 4 is 26.9 Å². The summed E-state index contributed by atoms with van der Waals surface area (Å²) in [5, 5.41) is 0.981. The lowest BCUT2D eigenvalue weighted by atomic mass is 9.95. The Hall–Kier alpha value is -2.64. The number of fused-ring (bicyclic) bond motifs is 1. The first kappa shape index (κ1) is 25.5. The van der Waals surface area contributed by atoms with E-state index in [9.17, 15) is 13.2 Å². The number of hydrogen-bond donors (Lipinski definition) is 0. The molecule has 35 heavy (non-hydrogen) atoms. The first-order valence-electron chi connectivity index (χ1n) is 12.3. The number of aryl methyl sites for hydroxylation is 3. The van der Waals surface area contributed by atoms with E-state index in [2.05, 4.69) is 26.8 Å². The second-order valence-corrected chi connectivity index (χ2v) is 12.0. The molecule has 7 heteroatoms. The van der Waals surface area contributed by atoms with Gasteiger partial charge in [-0.15, -0.1) is 0 Å². The van der Waals surface area contributed by atoms with Crippen molar-refractivity contribution in [2.24, 2.45) is 0 Å². The third kappa shape index (κ3) is 4.64. The highest BCUT2D eigenvalue weighted by molar-refractivity contribution is 7.89. The molecule has 6 nitrogen and oxygen atoms in total. The molecule has 1 aromatic heterocycles. The van der Waals surface area contributed by atoms with Crippen LogP contribution in [0.3, 0.4) is 0 Å². The van der Waals surface area contributed by atoms with Crippen molar-refractivity contribution < 1.29 is 17.6 Å². The Bertz CT molecular complexity index is 1370. The lowest BCUT2D eigenvalue weighted by Crippen LogP contribution is -2.51. The van der Waals surface area contributed by atoms with Crippen LogP contribution in [0.25, 0.3) is 11.0 Å². The number of hydrogen-bond acceptors (Lipinski definition) is 4. The van der Waals surface area contributed by atoms with Crippen LogP contribution in [0.15, 0.2) is 33.8 Å². The summed E-state index contributed by atoms with van der Waals surface area (Å²) in [6, 6.07) is 6.21. The van der Waals surface area contributed by atoms with Gasteiger partial charge in [0.2, 0.25) is 15.9 Å². The predicted octanol–water partition coefficient (Wildman–Crippen LogP) is 5.17. The van der Waals surface area contributed by atoms with Crippen molar-refractivity contribution in [3.63, 3.8) is 0 Å². The van der Waals surface area contributed by atoms with Gasteiger partial charge in [0, 0.05) is 37.1 Å². The minimum atomic E-state index is -3.63. The van der Waals surface area contributed by atoms with E-state index in [4.69, 9.17) is 4.42 Å². The molecule has 0 unspecified atom stereocenters. The Labute approximate surface area is 209 Å². The number of rotatable bonds is 5. The number of carbonyl (C=O) groups excluding carboxylic acids is 1. The minimum absolute atomic E-state index is 0.00446.